The molecule has 74 valence electrons. The minimum atomic E-state index is -0.833. The first-order valence-electron chi connectivity index (χ1n) is 1.86. The van der Waals surface area contributed by atoms with Crippen molar-refractivity contribution in [1.29, 1.82) is 0 Å². The minimum Gasteiger partial charge on any atom is 0 e. The fourth-order valence-electron chi connectivity index (χ4n) is 0. The summed E-state index contributed by atoms with van der Waals surface area (Å²) >= 11 is 0. The van der Waals surface area contributed by atoms with Crippen LogP contribution in [0, 0.1) is 0 Å². The summed E-state index contributed by atoms with van der Waals surface area (Å²) in [6.45, 7) is 2.17. The predicted octanol–water partition coefficient (Wildman–Crippen LogP) is 0.106. The van der Waals surface area contributed by atoms with Crippen molar-refractivity contribution in [1.82, 2.24) is 0 Å². The monoisotopic (exact) mass is 354 g/mol. The molecule has 8 heteroatoms. The van der Waals surface area contributed by atoms with Crippen molar-refractivity contribution in [3.63, 3.8) is 0 Å². The third-order valence-corrected chi connectivity index (χ3v) is 0. The van der Waals surface area contributed by atoms with Crippen molar-refractivity contribution in [2.24, 2.45) is 0 Å². The second-order valence-electron chi connectivity index (χ2n) is 1.04. The van der Waals surface area contributed by atoms with E-state index in [1.807, 2.05) is 0 Å². The van der Waals surface area contributed by atoms with Gasteiger partial charge >= 0.3 is 51.4 Å². The van der Waals surface area contributed by atoms with Gasteiger partial charge in [-0.05, 0) is 0 Å². The maximum absolute atomic E-state index is 9.00. The standard InChI is InChI=1S/2C2H4O2.BrH.Co.K.Mn.H/c2*1-2(3)4;;;;;/h2*1H3,(H,3,4);1H;;;;. The van der Waals surface area contributed by atoms with Gasteiger partial charge in [0.1, 0.15) is 0 Å². The Kier molecular flexibility index (Phi) is 89.9. The van der Waals surface area contributed by atoms with E-state index in [9.17, 15) is 0 Å². The van der Waals surface area contributed by atoms with Crippen LogP contribution in [0.3, 0.4) is 0 Å². The van der Waals surface area contributed by atoms with E-state index in [0.717, 1.165) is 13.8 Å². The first-order valence-corrected chi connectivity index (χ1v) is 1.86. The van der Waals surface area contributed by atoms with Crippen LogP contribution < -0.4 is 0 Å². The van der Waals surface area contributed by atoms with Crippen LogP contribution in [-0.2, 0) is 43.4 Å². The zero-order chi connectivity index (χ0) is 7.15. The molecule has 0 aromatic heterocycles. The quantitative estimate of drug-likeness (QED) is 0.605. The zero-order valence-electron chi connectivity index (χ0n) is 5.83. The predicted molar refractivity (Wildman–Crippen MR) is 44.1 cm³/mol. The van der Waals surface area contributed by atoms with Gasteiger partial charge < -0.3 is 10.2 Å². The molecule has 4 nitrogen and oxygen atoms in total. The molecule has 0 rings (SSSR count). The number of halogens is 1. The van der Waals surface area contributed by atoms with Gasteiger partial charge in [0.15, 0.2) is 0 Å². The molecular formula is C4H10BrCoKMnO4. The summed E-state index contributed by atoms with van der Waals surface area (Å²) in [6, 6.07) is 0. The van der Waals surface area contributed by atoms with E-state index in [2.05, 4.69) is 0 Å². The fourth-order valence-corrected chi connectivity index (χ4v) is 0. The number of aliphatic carboxylic acids is 2. The maximum atomic E-state index is 9.00. The Morgan fingerprint density at radius 1 is 1.00 bits per heavy atom. The minimum absolute atomic E-state index is 0. The van der Waals surface area contributed by atoms with Gasteiger partial charge in [-0.15, -0.1) is 17.0 Å². The molecule has 0 atom stereocenters. The maximum Gasteiger partial charge on any atom is 0 e. The molecule has 0 amide bonds. The second kappa shape index (κ2) is 29.2. The number of carbonyl (C=O) groups is 2. The number of hydrogen-bond donors (Lipinski definition) is 2. The van der Waals surface area contributed by atoms with E-state index in [0.29, 0.717) is 0 Å². The van der Waals surface area contributed by atoms with Crippen LogP contribution in [0.2, 0.25) is 0 Å². The molecule has 0 unspecified atom stereocenters. The van der Waals surface area contributed by atoms with Crippen molar-refractivity contribution in [3.05, 3.63) is 0 Å². The molecule has 2 radical (unpaired) electrons. The van der Waals surface area contributed by atoms with Crippen molar-refractivity contribution >= 4 is 80.3 Å². The Morgan fingerprint density at radius 3 is 1.00 bits per heavy atom. The molecular weight excluding hydrogens is 345 g/mol. The van der Waals surface area contributed by atoms with E-state index < -0.39 is 11.9 Å². The molecule has 0 fully saturated rings. The molecule has 0 spiro atoms. The molecule has 0 heterocycles. The third kappa shape index (κ3) is 342. The SMILES string of the molecule is Br.CC(=O)O.CC(=O)O.[Co].[KH].[Mn]. The van der Waals surface area contributed by atoms with Gasteiger partial charge in [-0.25, -0.2) is 0 Å². The Morgan fingerprint density at radius 2 is 1.00 bits per heavy atom. The van der Waals surface area contributed by atoms with Crippen LogP contribution in [0.25, 0.3) is 0 Å². The fraction of sp³-hybridized carbons (Fsp3) is 0.500. The summed E-state index contributed by atoms with van der Waals surface area (Å²) in [5.41, 5.74) is 0. The van der Waals surface area contributed by atoms with Crippen LogP contribution in [0.5, 0.6) is 0 Å². The van der Waals surface area contributed by atoms with Crippen molar-refractivity contribution in [2.75, 3.05) is 0 Å². The van der Waals surface area contributed by atoms with Gasteiger partial charge in [0.05, 0.1) is 0 Å². The molecule has 0 aliphatic heterocycles. The Hall–Kier alpha value is 2.08. The van der Waals surface area contributed by atoms with Gasteiger partial charge in [-0.2, -0.15) is 0 Å². The molecule has 0 aromatic rings. The van der Waals surface area contributed by atoms with E-state index in [-0.39, 0.29) is 102 Å². The van der Waals surface area contributed by atoms with Gasteiger partial charge in [0.25, 0.3) is 11.9 Å². The normalized spacial score (nSPS) is 4.17. The van der Waals surface area contributed by atoms with Crippen LogP contribution >= 0.6 is 17.0 Å². The molecule has 0 bridgehead atoms. The second-order valence-corrected chi connectivity index (χ2v) is 1.04. The number of carboxylic acids is 2. The van der Waals surface area contributed by atoms with E-state index >= 15 is 0 Å². The molecule has 0 saturated heterocycles. The first-order chi connectivity index (χ1) is 3.46. The van der Waals surface area contributed by atoms with Crippen LogP contribution in [0.15, 0.2) is 0 Å². The number of carboxylic acid groups (broad SMARTS) is 2. The third-order valence-electron chi connectivity index (χ3n) is 0. The smallest absolute Gasteiger partial charge is 0 e. The van der Waals surface area contributed by atoms with Crippen molar-refractivity contribution in [3.8, 4) is 0 Å². The molecule has 0 aromatic carbocycles. The van der Waals surface area contributed by atoms with Gasteiger partial charge in [-0.1, -0.05) is 0 Å². The Labute approximate surface area is 145 Å². The van der Waals surface area contributed by atoms with E-state index in [1.165, 1.54) is 0 Å². The van der Waals surface area contributed by atoms with Gasteiger partial charge in [0, 0.05) is 47.7 Å². The summed E-state index contributed by atoms with van der Waals surface area (Å²) in [4.78, 5) is 18.0. The summed E-state index contributed by atoms with van der Waals surface area (Å²) in [5, 5.41) is 14.8. The number of hydrogen-bond acceptors (Lipinski definition) is 2. The molecule has 2 N–H and O–H groups in total. The molecule has 0 saturated carbocycles. The van der Waals surface area contributed by atoms with Crippen LogP contribution in [0.4, 0.5) is 0 Å². The van der Waals surface area contributed by atoms with E-state index in [1.54, 1.807) is 0 Å². The summed E-state index contributed by atoms with van der Waals surface area (Å²) < 4.78 is 0. The van der Waals surface area contributed by atoms with E-state index in [4.69, 9.17) is 19.8 Å². The summed E-state index contributed by atoms with van der Waals surface area (Å²) in [6.07, 6.45) is 0. The zero-order valence-corrected chi connectivity index (χ0v) is 9.77. The topological polar surface area (TPSA) is 74.6 Å². The number of rotatable bonds is 0. The first kappa shape index (κ1) is 36.9. The summed E-state index contributed by atoms with van der Waals surface area (Å²) in [7, 11) is 0. The average molecular weight is 355 g/mol. The molecule has 0 aliphatic carbocycles. The molecule has 12 heavy (non-hydrogen) atoms. The summed E-state index contributed by atoms with van der Waals surface area (Å²) in [5.74, 6) is -1.67. The van der Waals surface area contributed by atoms with Gasteiger partial charge in [0.2, 0.25) is 0 Å². The van der Waals surface area contributed by atoms with Crippen LogP contribution in [-0.4, -0.2) is 73.5 Å². The van der Waals surface area contributed by atoms with Crippen LogP contribution in [0.1, 0.15) is 13.8 Å². The molecule has 0 aliphatic rings. The largest absolute Gasteiger partial charge is 0 e. The Balaban J connectivity index is -0.0000000112. The van der Waals surface area contributed by atoms with Crippen molar-refractivity contribution in [2.45, 2.75) is 13.8 Å². The Bertz CT molecular complexity index is 85.1. The van der Waals surface area contributed by atoms with Crippen molar-refractivity contribution < 1.29 is 53.6 Å². The van der Waals surface area contributed by atoms with Gasteiger partial charge in [-0.3, -0.25) is 9.59 Å². The average Bonchev–Trinajstić information content (AvgIpc) is 1.25.